The molecule has 0 fully saturated rings. The van der Waals surface area contributed by atoms with Crippen molar-refractivity contribution in [2.24, 2.45) is 0 Å². The molecule has 0 spiro atoms. The van der Waals surface area contributed by atoms with Gasteiger partial charge in [0.15, 0.2) is 5.76 Å². The molecule has 6 nitrogen and oxygen atoms in total. The second-order valence-electron chi connectivity index (χ2n) is 7.99. The molecule has 8 heteroatoms. The van der Waals surface area contributed by atoms with Crippen LogP contribution in [0.25, 0.3) is 56.1 Å². The molecule has 6 aromatic rings. The zero-order chi connectivity index (χ0) is 24.6. The number of allylic oxidation sites excluding steroid dienone is 1. The summed E-state index contributed by atoms with van der Waals surface area (Å²) in [5, 5.41) is 18.5. The van der Waals surface area contributed by atoms with E-state index in [0.717, 1.165) is 21.9 Å². The van der Waals surface area contributed by atoms with Crippen molar-refractivity contribution in [3.63, 3.8) is 0 Å². The van der Waals surface area contributed by atoms with Crippen molar-refractivity contribution in [1.29, 1.82) is 5.26 Å². The molecule has 3 heterocycles. The first kappa shape index (κ1) is 22.0. The molecule has 0 N–H and O–H groups in total. The van der Waals surface area contributed by atoms with Gasteiger partial charge in [-0.2, -0.15) is 5.26 Å². The van der Waals surface area contributed by atoms with Crippen LogP contribution in [-0.2, 0) is 0 Å². The predicted molar refractivity (Wildman–Crippen MR) is 142 cm³/mol. The third-order valence-corrected chi connectivity index (χ3v) is 6.82. The second kappa shape index (κ2) is 8.93. The van der Waals surface area contributed by atoms with E-state index in [9.17, 15) is 10.1 Å². The summed E-state index contributed by atoms with van der Waals surface area (Å²) in [6.07, 6.45) is 1.75. The standard InChI is InChI=1S/C28H14ClN3O3S/c29-20-8-6-17(7-9-20)26-21-12-16(5-10-23(21)32-35-26)11-19(14-30)27-31-24(15-36-27)22-13-18-3-1-2-4-25(18)34-28(22)33/h1-13,15H/b19-11+. The third-order valence-electron chi connectivity index (χ3n) is 5.69. The van der Waals surface area contributed by atoms with Crippen LogP contribution in [0.3, 0.4) is 0 Å². The maximum atomic E-state index is 12.5. The molecule has 3 aromatic carbocycles. The molecule has 3 aromatic heterocycles. The van der Waals surface area contributed by atoms with Gasteiger partial charge in [0.05, 0.1) is 22.2 Å². The van der Waals surface area contributed by atoms with Gasteiger partial charge in [0, 0.05) is 21.4 Å². The van der Waals surface area contributed by atoms with E-state index in [4.69, 9.17) is 20.5 Å². The van der Waals surface area contributed by atoms with Gasteiger partial charge in [0.2, 0.25) is 0 Å². The smallest absolute Gasteiger partial charge is 0.345 e. The largest absolute Gasteiger partial charge is 0.422 e. The number of nitrogens with zero attached hydrogens (tertiary/aromatic N) is 3. The Bertz CT molecular complexity index is 1890. The highest BCUT2D eigenvalue weighted by molar-refractivity contribution is 7.11. The molecule has 0 radical (unpaired) electrons. The molecular weight excluding hydrogens is 494 g/mol. The number of halogens is 1. The predicted octanol–water partition coefficient (Wildman–Crippen LogP) is 7.44. The summed E-state index contributed by atoms with van der Waals surface area (Å²) in [6.45, 7) is 0. The Hall–Kier alpha value is -4.51. The minimum absolute atomic E-state index is 0.354. The number of para-hydroxylation sites is 1. The lowest BCUT2D eigenvalue weighted by Crippen LogP contribution is -2.02. The quantitative estimate of drug-likeness (QED) is 0.182. The highest BCUT2D eigenvalue weighted by atomic mass is 35.5. The van der Waals surface area contributed by atoms with Gasteiger partial charge in [-0.25, -0.2) is 9.78 Å². The van der Waals surface area contributed by atoms with E-state index < -0.39 is 5.63 Å². The van der Waals surface area contributed by atoms with E-state index in [-0.39, 0.29) is 0 Å². The normalized spacial score (nSPS) is 11.7. The first-order chi connectivity index (χ1) is 17.6. The molecule has 0 unspecified atom stereocenters. The van der Waals surface area contributed by atoms with Crippen LogP contribution in [0.2, 0.25) is 5.02 Å². The van der Waals surface area contributed by atoms with Crippen molar-refractivity contribution in [1.82, 2.24) is 10.1 Å². The zero-order valence-electron chi connectivity index (χ0n) is 18.4. The van der Waals surface area contributed by atoms with Crippen LogP contribution in [0, 0.1) is 11.3 Å². The van der Waals surface area contributed by atoms with Crippen LogP contribution < -0.4 is 5.63 Å². The Kier molecular flexibility index (Phi) is 5.45. The Morgan fingerprint density at radius 2 is 1.89 bits per heavy atom. The first-order valence-electron chi connectivity index (χ1n) is 10.9. The van der Waals surface area contributed by atoms with Gasteiger partial charge in [-0.3, -0.25) is 0 Å². The van der Waals surface area contributed by atoms with Gasteiger partial charge in [-0.1, -0.05) is 41.0 Å². The molecule has 0 aliphatic heterocycles. The summed E-state index contributed by atoms with van der Waals surface area (Å²) >= 11 is 7.30. The minimum atomic E-state index is -0.472. The second-order valence-corrected chi connectivity index (χ2v) is 9.28. The molecule has 0 amide bonds. The lowest BCUT2D eigenvalue weighted by atomic mass is 10.0. The number of hydrogen-bond donors (Lipinski definition) is 0. The fourth-order valence-electron chi connectivity index (χ4n) is 3.93. The number of benzene rings is 3. The minimum Gasteiger partial charge on any atom is -0.422 e. The van der Waals surface area contributed by atoms with Crippen molar-refractivity contribution < 1.29 is 8.94 Å². The van der Waals surface area contributed by atoms with Gasteiger partial charge < -0.3 is 8.94 Å². The molecule has 0 atom stereocenters. The number of thiazole rings is 1. The highest BCUT2D eigenvalue weighted by Crippen LogP contribution is 2.32. The van der Waals surface area contributed by atoms with Crippen LogP contribution >= 0.6 is 22.9 Å². The Morgan fingerprint density at radius 1 is 1.06 bits per heavy atom. The maximum Gasteiger partial charge on any atom is 0.345 e. The lowest BCUT2D eigenvalue weighted by molar-refractivity contribution is 0.441. The average Bonchev–Trinajstić information content (AvgIpc) is 3.55. The van der Waals surface area contributed by atoms with Crippen molar-refractivity contribution in [3.8, 4) is 28.7 Å². The summed E-state index contributed by atoms with van der Waals surface area (Å²) < 4.78 is 11.0. The van der Waals surface area contributed by atoms with Crippen LogP contribution in [0.15, 0.2) is 91.9 Å². The number of hydrogen-bond acceptors (Lipinski definition) is 7. The van der Waals surface area contributed by atoms with E-state index in [1.807, 2.05) is 48.5 Å². The maximum absolute atomic E-state index is 12.5. The summed E-state index contributed by atoms with van der Waals surface area (Å²) in [6, 6.07) is 24.2. The van der Waals surface area contributed by atoms with Gasteiger partial charge >= 0.3 is 5.63 Å². The van der Waals surface area contributed by atoms with Crippen molar-refractivity contribution in [3.05, 3.63) is 104 Å². The van der Waals surface area contributed by atoms with Gasteiger partial charge in [0.1, 0.15) is 22.2 Å². The van der Waals surface area contributed by atoms with E-state index in [1.165, 1.54) is 11.3 Å². The Morgan fingerprint density at radius 3 is 2.72 bits per heavy atom. The lowest BCUT2D eigenvalue weighted by Gasteiger charge is -2.00. The van der Waals surface area contributed by atoms with Crippen LogP contribution in [-0.4, -0.2) is 10.1 Å². The van der Waals surface area contributed by atoms with Crippen molar-refractivity contribution >= 4 is 56.5 Å². The molecule has 0 aliphatic carbocycles. The van der Waals surface area contributed by atoms with E-state index in [2.05, 4.69) is 16.2 Å². The number of nitriles is 1. The molecule has 0 aliphatic rings. The van der Waals surface area contributed by atoms with Gasteiger partial charge in [0.25, 0.3) is 0 Å². The van der Waals surface area contributed by atoms with Crippen LogP contribution in [0.1, 0.15) is 10.6 Å². The summed E-state index contributed by atoms with van der Waals surface area (Å²) in [7, 11) is 0. The molecular formula is C28H14ClN3O3S. The zero-order valence-corrected chi connectivity index (χ0v) is 20.0. The van der Waals surface area contributed by atoms with Crippen LogP contribution in [0.4, 0.5) is 0 Å². The SMILES string of the molecule is N#C/C(=C\c1ccc2noc(-c3ccc(Cl)cc3)c2c1)c1nc(-c2cc3ccccc3oc2=O)cs1. The third kappa shape index (κ3) is 3.99. The Labute approximate surface area is 213 Å². The van der Waals surface area contributed by atoms with E-state index >= 15 is 0 Å². The summed E-state index contributed by atoms with van der Waals surface area (Å²) in [5.74, 6) is 0.620. The average molecular weight is 508 g/mol. The van der Waals surface area contributed by atoms with Crippen molar-refractivity contribution in [2.45, 2.75) is 0 Å². The van der Waals surface area contributed by atoms with Gasteiger partial charge in [-0.15, -0.1) is 11.3 Å². The molecule has 0 saturated heterocycles. The Balaban J connectivity index is 1.38. The number of aromatic nitrogens is 2. The summed E-state index contributed by atoms with van der Waals surface area (Å²) in [5.41, 5.74) is 3.58. The number of rotatable bonds is 4. The monoisotopic (exact) mass is 507 g/mol. The molecule has 6 rings (SSSR count). The van der Waals surface area contributed by atoms with E-state index in [0.29, 0.717) is 43.7 Å². The number of fused-ring (bicyclic) bond motifs is 2. The van der Waals surface area contributed by atoms with Gasteiger partial charge in [-0.05, 0) is 60.2 Å². The molecule has 0 bridgehead atoms. The van der Waals surface area contributed by atoms with E-state index in [1.54, 1.807) is 35.7 Å². The van der Waals surface area contributed by atoms with Crippen molar-refractivity contribution in [2.75, 3.05) is 0 Å². The highest BCUT2D eigenvalue weighted by Gasteiger charge is 2.15. The topological polar surface area (TPSA) is 92.9 Å². The van der Waals surface area contributed by atoms with Crippen LogP contribution in [0.5, 0.6) is 0 Å². The summed E-state index contributed by atoms with van der Waals surface area (Å²) in [4.78, 5) is 17.1. The first-order valence-corrected chi connectivity index (χ1v) is 12.1. The molecule has 36 heavy (non-hydrogen) atoms. The fourth-order valence-corrected chi connectivity index (χ4v) is 4.84. The fraction of sp³-hybridized carbons (Fsp3) is 0. The molecule has 0 saturated carbocycles. The molecule has 172 valence electrons.